The number of hydrogen-bond donors (Lipinski definition) is 1. The van der Waals surface area contributed by atoms with Gasteiger partial charge in [-0.15, -0.1) is 23.2 Å². The molecule has 0 radical (unpaired) electrons. The summed E-state index contributed by atoms with van der Waals surface area (Å²) in [6.45, 7) is 2.78. The van der Waals surface area contributed by atoms with E-state index in [0.29, 0.717) is 18.3 Å². The fourth-order valence-electron chi connectivity index (χ4n) is 1.28. The second-order valence-corrected chi connectivity index (χ2v) is 4.27. The van der Waals surface area contributed by atoms with Crippen LogP contribution in [0.25, 0.3) is 0 Å². The van der Waals surface area contributed by atoms with Crippen LogP contribution in [-0.4, -0.2) is 27.1 Å². The van der Waals surface area contributed by atoms with Crippen molar-refractivity contribution in [1.29, 1.82) is 0 Å². The van der Waals surface area contributed by atoms with Crippen molar-refractivity contribution >= 4 is 23.2 Å². The molecular weight excluding hydrogens is 233 g/mol. The fraction of sp³-hybridized carbons (Fsp3) is 0.700. The lowest BCUT2D eigenvalue weighted by Crippen LogP contribution is -2.48. The molecule has 1 rings (SSSR count). The Morgan fingerprint density at radius 2 is 2.13 bits per heavy atom. The van der Waals surface area contributed by atoms with E-state index < -0.39 is 0 Å². The zero-order chi connectivity index (χ0) is 11.3. The average molecular weight is 250 g/mol. The van der Waals surface area contributed by atoms with Crippen molar-refractivity contribution in [2.24, 2.45) is 7.05 Å². The van der Waals surface area contributed by atoms with Crippen LogP contribution in [0.15, 0.2) is 12.3 Å². The smallest absolute Gasteiger partial charge is 0.0762 e. The molecule has 0 aliphatic heterocycles. The molecule has 0 fully saturated rings. The third-order valence-corrected chi connectivity index (χ3v) is 3.62. The summed E-state index contributed by atoms with van der Waals surface area (Å²) >= 11 is 11.8. The van der Waals surface area contributed by atoms with Crippen molar-refractivity contribution in [3.63, 3.8) is 0 Å². The second kappa shape index (κ2) is 5.73. The van der Waals surface area contributed by atoms with Gasteiger partial charge < -0.3 is 5.32 Å². The van der Waals surface area contributed by atoms with Gasteiger partial charge in [-0.3, -0.25) is 4.68 Å². The van der Waals surface area contributed by atoms with Crippen molar-refractivity contribution in [2.75, 3.05) is 11.8 Å². The number of nitrogens with zero attached hydrogens (tertiary/aromatic N) is 2. The molecule has 0 spiro atoms. The second-order valence-electron chi connectivity index (χ2n) is 3.74. The molecule has 0 atom stereocenters. The minimum absolute atomic E-state index is 0.180. The maximum absolute atomic E-state index is 5.92. The number of nitrogens with one attached hydrogen (secondary N) is 1. The van der Waals surface area contributed by atoms with Crippen LogP contribution >= 0.6 is 23.2 Å². The van der Waals surface area contributed by atoms with Crippen molar-refractivity contribution in [3.05, 3.63) is 18.0 Å². The first-order chi connectivity index (χ1) is 7.15. The van der Waals surface area contributed by atoms with Gasteiger partial charge in [-0.1, -0.05) is 6.92 Å². The SMILES string of the molecule is CCC(CCl)(CCl)NCc1ccn(C)n1. The van der Waals surface area contributed by atoms with Crippen molar-refractivity contribution in [2.45, 2.75) is 25.4 Å². The Hall–Kier alpha value is -0.250. The summed E-state index contributed by atoms with van der Waals surface area (Å²) in [5.74, 6) is 1.03. The molecule has 15 heavy (non-hydrogen) atoms. The predicted molar refractivity (Wildman–Crippen MR) is 64.5 cm³/mol. The number of halogens is 2. The first kappa shape index (κ1) is 12.8. The molecule has 5 heteroatoms. The summed E-state index contributed by atoms with van der Waals surface area (Å²) in [4.78, 5) is 0. The molecular formula is C10H17Cl2N3. The summed E-state index contributed by atoms with van der Waals surface area (Å²) in [6.07, 6.45) is 2.83. The highest BCUT2D eigenvalue weighted by Crippen LogP contribution is 2.15. The zero-order valence-corrected chi connectivity index (χ0v) is 10.6. The van der Waals surface area contributed by atoms with Crippen LogP contribution in [-0.2, 0) is 13.6 Å². The highest BCUT2D eigenvalue weighted by Gasteiger charge is 2.25. The van der Waals surface area contributed by atoms with E-state index in [1.807, 2.05) is 19.3 Å². The van der Waals surface area contributed by atoms with E-state index in [-0.39, 0.29) is 5.54 Å². The lowest BCUT2D eigenvalue weighted by atomic mass is 10.0. The third kappa shape index (κ3) is 3.37. The number of aryl methyl sites for hydroxylation is 1. The van der Waals surface area contributed by atoms with Crippen molar-refractivity contribution in [3.8, 4) is 0 Å². The molecule has 1 heterocycles. The van der Waals surface area contributed by atoms with Gasteiger partial charge in [0.25, 0.3) is 0 Å². The summed E-state index contributed by atoms with van der Waals surface area (Å²) < 4.78 is 1.78. The topological polar surface area (TPSA) is 29.9 Å². The quantitative estimate of drug-likeness (QED) is 0.784. The minimum atomic E-state index is -0.180. The first-order valence-electron chi connectivity index (χ1n) is 5.01. The van der Waals surface area contributed by atoms with Gasteiger partial charge in [-0.2, -0.15) is 5.10 Å². The molecule has 3 nitrogen and oxygen atoms in total. The standard InChI is InChI=1S/C10H17Cl2N3/c1-3-10(7-11,8-12)13-6-9-4-5-15(2)14-9/h4-5,13H,3,6-8H2,1-2H3. The van der Waals surface area contributed by atoms with E-state index >= 15 is 0 Å². The van der Waals surface area contributed by atoms with Crippen LogP contribution in [0.1, 0.15) is 19.0 Å². The molecule has 0 aliphatic carbocycles. The van der Waals surface area contributed by atoms with Gasteiger partial charge in [-0.05, 0) is 12.5 Å². The van der Waals surface area contributed by atoms with Crippen LogP contribution in [0.3, 0.4) is 0 Å². The van der Waals surface area contributed by atoms with E-state index in [2.05, 4.69) is 17.3 Å². The fourth-order valence-corrected chi connectivity index (χ4v) is 2.13. The maximum Gasteiger partial charge on any atom is 0.0762 e. The van der Waals surface area contributed by atoms with Gasteiger partial charge in [0.2, 0.25) is 0 Å². The zero-order valence-electron chi connectivity index (χ0n) is 9.13. The molecule has 0 amide bonds. The monoisotopic (exact) mass is 249 g/mol. The lowest BCUT2D eigenvalue weighted by Gasteiger charge is -2.29. The van der Waals surface area contributed by atoms with Crippen molar-refractivity contribution < 1.29 is 0 Å². The summed E-state index contributed by atoms with van der Waals surface area (Å²) in [5.41, 5.74) is 0.825. The highest BCUT2D eigenvalue weighted by molar-refractivity contribution is 6.22. The minimum Gasteiger partial charge on any atom is -0.303 e. The molecule has 86 valence electrons. The molecule has 0 saturated carbocycles. The van der Waals surface area contributed by atoms with Crippen LogP contribution < -0.4 is 5.32 Å². The molecule has 0 bridgehead atoms. The Morgan fingerprint density at radius 1 is 1.47 bits per heavy atom. The van der Waals surface area contributed by atoms with Gasteiger partial charge in [0.15, 0.2) is 0 Å². The number of alkyl halides is 2. The van der Waals surface area contributed by atoms with Gasteiger partial charge in [-0.25, -0.2) is 0 Å². The van der Waals surface area contributed by atoms with E-state index in [9.17, 15) is 0 Å². The van der Waals surface area contributed by atoms with E-state index in [4.69, 9.17) is 23.2 Å². The molecule has 0 aliphatic rings. The summed E-state index contributed by atoms with van der Waals surface area (Å²) in [5, 5.41) is 7.66. The highest BCUT2D eigenvalue weighted by atomic mass is 35.5. The number of hydrogen-bond acceptors (Lipinski definition) is 2. The largest absolute Gasteiger partial charge is 0.303 e. The van der Waals surface area contributed by atoms with Crippen LogP contribution in [0.4, 0.5) is 0 Å². The molecule has 0 unspecified atom stereocenters. The Kier molecular flexibility index (Phi) is 4.90. The summed E-state index contributed by atoms with van der Waals surface area (Å²) in [6, 6.07) is 1.98. The molecule has 0 aromatic carbocycles. The van der Waals surface area contributed by atoms with E-state index in [1.54, 1.807) is 4.68 Å². The molecule has 0 saturated heterocycles. The van der Waals surface area contributed by atoms with Crippen molar-refractivity contribution in [1.82, 2.24) is 15.1 Å². The molecule has 1 aromatic heterocycles. The Balaban J connectivity index is 2.54. The van der Waals surface area contributed by atoms with Gasteiger partial charge >= 0.3 is 0 Å². The first-order valence-corrected chi connectivity index (χ1v) is 6.08. The maximum atomic E-state index is 5.92. The summed E-state index contributed by atoms with van der Waals surface area (Å²) in [7, 11) is 1.90. The van der Waals surface area contributed by atoms with Gasteiger partial charge in [0.05, 0.1) is 5.69 Å². The number of aromatic nitrogens is 2. The van der Waals surface area contributed by atoms with Crippen LogP contribution in [0.2, 0.25) is 0 Å². The molecule has 1 N–H and O–H groups in total. The van der Waals surface area contributed by atoms with E-state index in [0.717, 1.165) is 12.1 Å². The lowest BCUT2D eigenvalue weighted by molar-refractivity contribution is 0.381. The average Bonchev–Trinajstić information content (AvgIpc) is 2.67. The van der Waals surface area contributed by atoms with Crippen LogP contribution in [0.5, 0.6) is 0 Å². The normalized spacial score (nSPS) is 12.0. The third-order valence-electron chi connectivity index (χ3n) is 2.60. The number of rotatable bonds is 6. The van der Waals surface area contributed by atoms with E-state index in [1.165, 1.54) is 0 Å². The Labute approximate surface area is 101 Å². The predicted octanol–water partition coefficient (Wildman–Crippen LogP) is 2.14. The molecule has 1 aromatic rings. The van der Waals surface area contributed by atoms with Gasteiger partial charge in [0.1, 0.15) is 0 Å². The van der Waals surface area contributed by atoms with Crippen LogP contribution in [0, 0.1) is 0 Å². The Morgan fingerprint density at radius 3 is 2.53 bits per heavy atom. The Bertz CT molecular complexity index is 286. The van der Waals surface area contributed by atoms with Gasteiger partial charge in [0, 0.05) is 37.1 Å².